The quantitative estimate of drug-likeness (QED) is 0.226. The highest BCUT2D eigenvalue weighted by atomic mass is 127. The molecule has 3 heterocycles. The largest absolute Gasteiger partial charge is 0.463 e. The lowest BCUT2D eigenvalue weighted by atomic mass is 9.95. The Hall–Kier alpha value is -3.24. The molecule has 0 fully saturated rings. The number of aromatic nitrogens is 2. The standard InChI is InChI=1S/C30H28IN3O3S/c1-6-37-29(36)26-19(4)32-30-34(27(26)21-12-10-17(2)11-13-21)28(35)25(38-30)15-22-14-18(3)33(20(22)5)24-9-7-8-23(31)16-24/h7-16,27H,6H2,1-5H3/b25-15+/t27-/m1/s1. The van der Waals surface area contributed by atoms with Crippen molar-refractivity contribution in [1.82, 2.24) is 9.13 Å². The molecular formula is C30H28IN3O3S. The molecular weight excluding hydrogens is 609 g/mol. The average Bonchev–Trinajstić information content (AvgIpc) is 3.33. The first-order chi connectivity index (χ1) is 18.2. The van der Waals surface area contributed by atoms with E-state index in [1.165, 1.54) is 11.3 Å². The fourth-order valence-corrected chi connectivity index (χ4v) is 6.51. The Balaban J connectivity index is 1.69. The third-order valence-corrected chi connectivity index (χ3v) is 8.39. The van der Waals surface area contributed by atoms with E-state index in [9.17, 15) is 9.59 Å². The smallest absolute Gasteiger partial charge is 0.338 e. The molecule has 0 amide bonds. The highest BCUT2D eigenvalue weighted by molar-refractivity contribution is 14.1. The molecule has 194 valence electrons. The predicted molar refractivity (Wildman–Crippen MR) is 160 cm³/mol. The van der Waals surface area contributed by atoms with Crippen molar-refractivity contribution in [2.24, 2.45) is 4.99 Å². The molecule has 0 N–H and O–H groups in total. The van der Waals surface area contributed by atoms with Crippen molar-refractivity contribution in [3.05, 3.63) is 117 Å². The van der Waals surface area contributed by atoms with Gasteiger partial charge in [0.05, 0.1) is 28.5 Å². The van der Waals surface area contributed by atoms with Crippen LogP contribution in [0.4, 0.5) is 0 Å². The summed E-state index contributed by atoms with van der Waals surface area (Å²) in [5.74, 6) is -0.449. The molecule has 1 atom stereocenters. The monoisotopic (exact) mass is 637 g/mol. The fraction of sp³-hybridized carbons (Fsp3) is 0.233. The molecule has 4 aromatic rings. The van der Waals surface area contributed by atoms with Gasteiger partial charge in [0.1, 0.15) is 0 Å². The molecule has 0 radical (unpaired) electrons. The number of benzene rings is 2. The number of thiazole rings is 1. The lowest BCUT2D eigenvalue weighted by Gasteiger charge is -2.24. The molecule has 0 spiro atoms. The van der Waals surface area contributed by atoms with Gasteiger partial charge in [-0.1, -0.05) is 47.2 Å². The van der Waals surface area contributed by atoms with E-state index in [4.69, 9.17) is 4.74 Å². The van der Waals surface area contributed by atoms with Gasteiger partial charge in [-0.3, -0.25) is 9.36 Å². The molecule has 1 aliphatic heterocycles. The van der Waals surface area contributed by atoms with E-state index in [0.717, 1.165) is 37.3 Å². The fourth-order valence-electron chi connectivity index (χ4n) is 4.94. The van der Waals surface area contributed by atoms with Crippen LogP contribution >= 0.6 is 33.9 Å². The third kappa shape index (κ3) is 4.71. The summed E-state index contributed by atoms with van der Waals surface area (Å²) >= 11 is 3.66. The Morgan fingerprint density at radius 2 is 1.84 bits per heavy atom. The number of carbonyl (C=O) groups is 1. The summed E-state index contributed by atoms with van der Waals surface area (Å²) < 4.78 is 11.0. The van der Waals surface area contributed by atoms with Gasteiger partial charge < -0.3 is 9.30 Å². The molecule has 0 saturated carbocycles. The van der Waals surface area contributed by atoms with Gasteiger partial charge in [-0.15, -0.1) is 0 Å². The van der Waals surface area contributed by atoms with Gasteiger partial charge in [0, 0.05) is 20.6 Å². The van der Waals surface area contributed by atoms with Crippen LogP contribution in [-0.4, -0.2) is 21.7 Å². The number of hydrogen-bond donors (Lipinski definition) is 0. The van der Waals surface area contributed by atoms with Crippen molar-refractivity contribution in [2.75, 3.05) is 6.61 Å². The first kappa shape index (κ1) is 26.4. The number of fused-ring (bicyclic) bond motifs is 1. The SMILES string of the molecule is CCOC(=O)C1=C(C)N=c2s/c(=C/c3cc(C)n(-c4cccc(I)c4)c3C)c(=O)n2[C@@H]1c1ccc(C)cc1. The number of esters is 1. The molecule has 8 heteroatoms. The maximum atomic E-state index is 13.9. The van der Waals surface area contributed by atoms with Crippen LogP contribution in [0.15, 0.2) is 75.7 Å². The predicted octanol–water partition coefficient (Wildman–Crippen LogP) is 5.12. The molecule has 0 saturated heterocycles. The number of carbonyl (C=O) groups excluding carboxylic acids is 1. The topological polar surface area (TPSA) is 65.6 Å². The molecule has 0 aliphatic carbocycles. The average molecular weight is 638 g/mol. The molecule has 2 aromatic heterocycles. The summed E-state index contributed by atoms with van der Waals surface area (Å²) in [6.45, 7) is 9.97. The van der Waals surface area contributed by atoms with Crippen molar-refractivity contribution in [2.45, 2.75) is 40.7 Å². The molecule has 38 heavy (non-hydrogen) atoms. The number of halogens is 1. The van der Waals surface area contributed by atoms with Gasteiger partial charge in [0.25, 0.3) is 5.56 Å². The second kappa shape index (κ2) is 10.5. The summed E-state index contributed by atoms with van der Waals surface area (Å²) in [5, 5.41) is 0. The van der Waals surface area contributed by atoms with Gasteiger partial charge >= 0.3 is 5.97 Å². The third-order valence-electron chi connectivity index (χ3n) is 6.73. The number of rotatable bonds is 5. The molecule has 5 rings (SSSR count). The Bertz CT molecular complexity index is 1770. The van der Waals surface area contributed by atoms with E-state index in [-0.39, 0.29) is 12.2 Å². The van der Waals surface area contributed by atoms with Crippen molar-refractivity contribution in [1.29, 1.82) is 0 Å². The van der Waals surface area contributed by atoms with Crippen molar-refractivity contribution >= 4 is 46.0 Å². The summed E-state index contributed by atoms with van der Waals surface area (Å²) in [6.07, 6.45) is 1.94. The second-order valence-electron chi connectivity index (χ2n) is 9.35. The first-order valence-electron chi connectivity index (χ1n) is 12.4. The molecule has 0 bridgehead atoms. The molecule has 2 aromatic carbocycles. The Kier molecular flexibility index (Phi) is 7.28. The van der Waals surface area contributed by atoms with E-state index in [1.54, 1.807) is 18.4 Å². The molecule has 0 unspecified atom stereocenters. The Labute approximate surface area is 238 Å². The summed E-state index contributed by atoms with van der Waals surface area (Å²) in [7, 11) is 0. The number of allylic oxidation sites excluding steroid dienone is 1. The summed E-state index contributed by atoms with van der Waals surface area (Å²) in [5.41, 5.74) is 6.93. The van der Waals surface area contributed by atoms with Crippen LogP contribution in [0, 0.1) is 24.3 Å². The zero-order valence-corrected chi connectivity index (χ0v) is 24.9. The van der Waals surface area contributed by atoms with Crippen molar-refractivity contribution in [3.63, 3.8) is 0 Å². The van der Waals surface area contributed by atoms with Crippen LogP contribution in [0.5, 0.6) is 0 Å². The van der Waals surface area contributed by atoms with Gasteiger partial charge in [-0.25, -0.2) is 9.79 Å². The maximum Gasteiger partial charge on any atom is 0.338 e. The lowest BCUT2D eigenvalue weighted by Crippen LogP contribution is -2.39. The minimum absolute atomic E-state index is 0.173. The number of ether oxygens (including phenoxy) is 1. The number of nitrogens with zero attached hydrogens (tertiary/aromatic N) is 3. The number of hydrogen-bond acceptors (Lipinski definition) is 5. The highest BCUT2D eigenvalue weighted by Gasteiger charge is 2.33. The van der Waals surface area contributed by atoms with E-state index >= 15 is 0 Å². The van der Waals surface area contributed by atoms with E-state index < -0.39 is 12.0 Å². The summed E-state index contributed by atoms with van der Waals surface area (Å²) in [6, 6.07) is 17.7. The van der Waals surface area contributed by atoms with Crippen LogP contribution in [0.2, 0.25) is 0 Å². The molecule has 6 nitrogen and oxygen atoms in total. The van der Waals surface area contributed by atoms with Crippen LogP contribution in [0.25, 0.3) is 11.8 Å². The van der Waals surface area contributed by atoms with Crippen LogP contribution < -0.4 is 14.9 Å². The van der Waals surface area contributed by atoms with Crippen LogP contribution in [0.1, 0.15) is 48.0 Å². The zero-order valence-electron chi connectivity index (χ0n) is 21.9. The normalized spacial score (nSPS) is 15.4. The second-order valence-corrected chi connectivity index (χ2v) is 11.6. The van der Waals surface area contributed by atoms with Gasteiger partial charge in [0.15, 0.2) is 4.80 Å². The van der Waals surface area contributed by atoms with E-state index in [1.807, 2.05) is 43.3 Å². The summed E-state index contributed by atoms with van der Waals surface area (Å²) in [4.78, 5) is 32.2. The van der Waals surface area contributed by atoms with Crippen molar-refractivity contribution in [3.8, 4) is 5.69 Å². The number of aryl methyl sites for hydroxylation is 2. The Morgan fingerprint density at radius 3 is 2.53 bits per heavy atom. The first-order valence-corrected chi connectivity index (χ1v) is 14.3. The lowest BCUT2D eigenvalue weighted by molar-refractivity contribution is -0.139. The minimum Gasteiger partial charge on any atom is -0.463 e. The van der Waals surface area contributed by atoms with Crippen LogP contribution in [0.3, 0.4) is 0 Å². The van der Waals surface area contributed by atoms with Crippen LogP contribution in [-0.2, 0) is 9.53 Å². The van der Waals surface area contributed by atoms with Gasteiger partial charge in [-0.2, -0.15) is 0 Å². The van der Waals surface area contributed by atoms with Gasteiger partial charge in [0.2, 0.25) is 0 Å². The van der Waals surface area contributed by atoms with E-state index in [2.05, 4.69) is 70.3 Å². The molecule has 1 aliphatic rings. The Morgan fingerprint density at radius 1 is 1.11 bits per heavy atom. The van der Waals surface area contributed by atoms with E-state index in [0.29, 0.717) is 20.6 Å². The maximum absolute atomic E-state index is 13.9. The minimum atomic E-state index is -0.605. The van der Waals surface area contributed by atoms with Gasteiger partial charge in [-0.05, 0) is 98.7 Å². The highest BCUT2D eigenvalue weighted by Crippen LogP contribution is 2.31. The zero-order chi connectivity index (χ0) is 27.1. The van der Waals surface area contributed by atoms with Crippen molar-refractivity contribution < 1.29 is 9.53 Å².